The van der Waals surface area contributed by atoms with Crippen LogP contribution in [-0.4, -0.2) is 16.6 Å². The second-order valence-corrected chi connectivity index (χ2v) is 5.08. The number of rotatable bonds is 3. The van der Waals surface area contributed by atoms with Crippen LogP contribution in [0, 0.1) is 5.92 Å². The molecule has 5 heteroatoms. The van der Waals surface area contributed by atoms with Gasteiger partial charge in [0.1, 0.15) is 11.6 Å². The number of fused-ring (bicyclic) bond motifs is 1. The van der Waals surface area contributed by atoms with E-state index in [-0.39, 0.29) is 5.95 Å². The molecule has 0 saturated heterocycles. The van der Waals surface area contributed by atoms with Crippen LogP contribution in [0.1, 0.15) is 19.3 Å². The number of hydrogen-bond donors (Lipinski definition) is 2. The van der Waals surface area contributed by atoms with Gasteiger partial charge in [-0.25, -0.2) is 4.98 Å². The maximum absolute atomic E-state index is 5.94. The molecule has 0 amide bonds. The van der Waals surface area contributed by atoms with Crippen molar-refractivity contribution < 1.29 is 4.74 Å². The first-order valence-electron chi connectivity index (χ1n) is 6.83. The SMILES string of the molecule is Nc1nc(N)c2c(OCC3CC=CCC3)cccc2n1. The van der Waals surface area contributed by atoms with Crippen LogP contribution < -0.4 is 16.2 Å². The molecule has 1 aromatic carbocycles. The summed E-state index contributed by atoms with van der Waals surface area (Å²) >= 11 is 0. The lowest BCUT2D eigenvalue weighted by atomic mass is 9.95. The standard InChI is InChI=1S/C15H18N4O/c16-14-13-11(18-15(17)19-14)7-4-8-12(13)20-9-10-5-2-1-3-6-10/h1-2,4,7-8,10H,3,5-6,9H2,(H4,16,17,18,19). The van der Waals surface area contributed by atoms with Gasteiger partial charge in [-0.1, -0.05) is 18.2 Å². The van der Waals surface area contributed by atoms with E-state index in [1.165, 1.54) is 6.42 Å². The van der Waals surface area contributed by atoms with E-state index in [0.717, 1.165) is 29.5 Å². The second-order valence-electron chi connectivity index (χ2n) is 5.08. The van der Waals surface area contributed by atoms with Crippen molar-refractivity contribution in [1.82, 2.24) is 9.97 Å². The smallest absolute Gasteiger partial charge is 0.222 e. The molecule has 0 fully saturated rings. The number of nitrogen functional groups attached to an aromatic ring is 2. The van der Waals surface area contributed by atoms with E-state index in [1.54, 1.807) is 0 Å². The summed E-state index contributed by atoms with van der Waals surface area (Å²) in [6, 6.07) is 5.65. The molecular formula is C15H18N4O. The molecule has 0 saturated carbocycles. The van der Waals surface area contributed by atoms with Crippen LogP contribution >= 0.6 is 0 Å². The normalized spacial score (nSPS) is 18.3. The van der Waals surface area contributed by atoms with Gasteiger partial charge < -0.3 is 16.2 Å². The molecule has 1 aliphatic carbocycles. The van der Waals surface area contributed by atoms with Crippen molar-refractivity contribution in [3.63, 3.8) is 0 Å². The van der Waals surface area contributed by atoms with Gasteiger partial charge in [0.15, 0.2) is 0 Å². The fourth-order valence-electron chi connectivity index (χ4n) is 2.53. The summed E-state index contributed by atoms with van der Waals surface area (Å²) in [5.41, 5.74) is 12.3. The Labute approximate surface area is 117 Å². The highest BCUT2D eigenvalue weighted by molar-refractivity contribution is 5.94. The van der Waals surface area contributed by atoms with E-state index in [0.29, 0.717) is 18.3 Å². The minimum atomic E-state index is 0.185. The van der Waals surface area contributed by atoms with Crippen LogP contribution in [0.2, 0.25) is 0 Å². The Morgan fingerprint density at radius 3 is 2.90 bits per heavy atom. The third-order valence-electron chi connectivity index (χ3n) is 3.58. The molecule has 0 spiro atoms. The van der Waals surface area contributed by atoms with Gasteiger partial charge in [-0.2, -0.15) is 4.98 Å². The number of benzene rings is 1. The highest BCUT2D eigenvalue weighted by atomic mass is 16.5. The second kappa shape index (κ2) is 5.36. The molecule has 1 aromatic heterocycles. The number of ether oxygens (including phenoxy) is 1. The lowest BCUT2D eigenvalue weighted by molar-refractivity contribution is 0.241. The summed E-state index contributed by atoms with van der Waals surface area (Å²) in [4.78, 5) is 8.20. The van der Waals surface area contributed by atoms with E-state index in [1.807, 2.05) is 18.2 Å². The van der Waals surface area contributed by atoms with Crippen LogP contribution in [0.5, 0.6) is 5.75 Å². The van der Waals surface area contributed by atoms with E-state index < -0.39 is 0 Å². The van der Waals surface area contributed by atoms with Crippen molar-refractivity contribution in [2.24, 2.45) is 5.92 Å². The summed E-state index contributed by atoms with van der Waals surface area (Å²) in [6.45, 7) is 0.688. The Morgan fingerprint density at radius 2 is 2.10 bits per heavy atom. The molecule has 1 atom stereocenters. The van der Waals surface area contributed by atoms with E-state index in [4.69, 9.17) is 16.2 Å². The summed E-state index contributed by atoms with van der Waals surface area (Å²) < 4.78 is 5.94. The maximum Gasteiger partial charge on any atom is 0.222 e. The summed E-state index contributed by atoms with van der Waals surface area (Å²) in [5, 5.41) is 0.744. The van der Waals surface area contributed by atoms with Crippen LogP contribution in [-0.2, 0) is 0 Å². The predicted molar refractivity (Wildman–Crippen MR) is 80.3 cm³/mol. The zero-order chi connectivity index (χ0) is 13.9. The molecule has 1 heterocycles. The Kier molecular flexibility index (Phi) is 3.41. The highest BCUT2D eigenvalue weighted by Gasteiger charge is 2.13. The van der Waals surface area contributed by atoms with Crippen LogP contribution in [0.4, 0.5) is 11.8 Å². The van der Waals surface area contributed by atoms with Crippen molar-refractivity contribution in [3.8, 4) is 5.75 Å². The Bertz CT molecular complexity index is 654. The van der Waals surface area contributed by atoms with Gasteiger partial charge in [0.25, 0.3) is 0 Å². The first-order chi connectivity index (χ1) is 9.74. The average Bonchev–Trinajstić information content (AvgIpc) is 2.45. The van der Waals surface area contributed by atoms with Gasteiger partial charge in [-0.05, 0) is 37.3 Å². The molecule has 0 radical (unpaired) electrons. The zero-order valence-corrected chi connectivity index (χ0v) is 11.2. The quantitative estimate of drug-likeness (QED) is 0.837. The van der Waals surface area contributed by atoms with Gasteiger partial charge >= 0.3 is 0 Å². The van der Waals surface area contributed by atoms with Crippen molar-refractivity contribution in [2.45, 2.75) is 19.3 Å². The van der Waals surface area contributed by atoms with Crippen LogP contribution in [0.3, 0.4) is 0 Å². The first-order valence-corrected chi connectivity index (χ1v) is 6.83. The zero-order valence-electron chi connectivity index (χ0n) is 11.2. The van der Waals surface area contributed by atoms with Crippen molar-refractivity contribution in [3.05, 3.63) is 30.4 Å². The molecule has 20 heavy (non-hydrogen) atoms. The number of nitrogens with two attached hydrogens (primary N) is 2. The molecule has 1 aliphatic rings. The fourth-order valence-corrected chi connectivity index (χ4v) is 2.53. The Balaban J connectivity index is 1.85. The van der Waals surface area contributed by atoms with Crippen LogP contribution in [0.25, 0.3) is 10.9 Å². The third-order valence-corrected chi connectivity index (χ3v) is 3.58. The summed E-state index contributed by atoms with van der Waals surface area (Å²) in [7, 11) is 0. The molecule has 1 unspecified atom stereocenters. The van der Waals surface area contributed by atoms with E-state index in [2.05, 4.69) is 22.1 Å². The van der Waals surface area contributed by atoms with Gasteiger partial charge in [0.2, 0.25) is 5.95 Å². The van der Waals surface area contributed by atoms with E-state index >= 15 is 0 Å². The highest BCUT2D eigenvalue weighted by Crippen LogP contribution is 2.30. The van der Waals surface area contributed by atoms with Gasteiger partial charge in [-0.3, -0.25) is 0 Å². The lowest BCUT2D eigenvalue weighted by Gasteiger charge is -2.19. The molecule has 3 rings (SSSR count). The average molecular weight is 270 g/mol. The number of allylic oxidation sites excluding steroid dienone is 2. The lowest BCUT2D eigenvalue weighted by Crippen LogP contribution is -2.13. The maximum atomic E-state index is 5.94. The van der Waals surface area contributed by atoms with Gasteiger partial charge in [0.05, 0.1) is 17.5 Å². The molecule has 104 valence electrons. The number of aromatic nitrogens is 2. The Hall–Kier alpha value is -2.30. The molecular weight excluding hydrogens is 252 g/mol. The topological polar surface area (TPSA) is 87.0 Å². The fraction of sp³-hybridized carbons (Fsp3) is 0.333. The van der Waals surface area contributed by atoms with E-state index in [9.17, 15) is 0 Å². The molecule has 0 aliphatic heterocycles. The molecule has 0 bridgehead atoms. The minimum absolute atomic E-state index is 0.185. The van der Waals surface area contributed by atoms with Crippen molar-refractivity contribution >= 4 is 22.7 Å². The largest absolute Gasteiger partial charge is 0.492 e. The molecule has 4 N–H and O–H groups in total. The predicted octanol–water partition coefficient (Wildman–Crippen LogP) is 2.53. The number of nitrogens with zero attached hydrogens (tertiary/aromatic N) is 2. The summed E-state index contributed by atoms with van der Waals surface area (Å²) in [5.74, 6) is 1.84. The Morgan fingerprint density at radius 1 is 1.20 bits per heavy atom. The number of hydrogen-bond acceptors (Lipinski definition) is 5. The molecule has 2 aromatic rings. The third kappa shape index (κ3) is 2.52. The van der Waals surface area contributed by atoms with Gasteiger partial charge in [-0.15, -0.1) is 0 Å². The monoisotopic (exact) mass is 270 g/mol. The minimum Gasteiger partial charge on any atom is -0.492 e. The molecule has 5 nitrogen and oxygen atoms in total. The first kappa shape index (κ1) is 12.7. The van der Waals surface area contributed by atoms with Crippen molar-refractivity contribution in [2.75, 3.05) is 18.1 Å². The van der Waals surface area contributed by atoms with Crippen molar-refractivity contribution in [1.29, 1.82) is 0 Å². The van der Waals surface area contributed by atoms with Crippen LogP contribution in [0.15, 0.2) is 30.4 Å². The number of anilines is 2. The van der Waals surface area contributed by atoms with Gasteiger partial charge in [0, 0.05) is 0 Å². The summed E-state index contributed by atoms with van der Waals surface area (Å²) in [6.07, 6.45) is 7.82.